The monoisotopic (exact) mass is 486 g/mol. The highest BCUT2D eigenvalue weighted by atomic mass is 16.4. The van der Waals surface area contributed by atoms with Crippen LogP contribution >= 0.6 is 0 Å². The third kappa shape index (κ3) is 8.72. The van der Waals surface area contributed by atoms with Gasteiger partial charge < -0.3 is 37.0 Å². The summed E-state index contributed by atoms with van der Waals surface area (Å²) in [4.78, 5) is 49.4. The minimum Gasteiger partial charge on any atom is -0.508 e. The Hall–Kier alpha value is -3.96. The second kappa shape index (κ2) is 13.1. The van der Waals surface area contributed by atoms with E-state index in [0.29, 0.717) is 5.56 Å². The van der Waals surface area contributed by atoms with Gasteiger partial charge in [0.25, 0.3) is 0 Å². The number of carbonyl (C=O) groups excluding carboxylic acids is 3. The fourth-order valence-electron chi connectivity index (χ4n) is 3.16. The fraction of sp³-hybridized carbons (Fsp3) is 0.333. The lowest BCUT2D eigenvalue weighted by Gasteiger charge is -2.23. The molecule has 0 radical (unpaired) electrons. The normalized spacial score (nSPS) is 14.1. The van der Waals surface area contributed by atoms with Crippen molar-refractivity contribution in [2.75, 3.05) is 6.61 Å². The number of nitrogens with two attached hydrogens (primary N) is 1. The highest BCUT2D eigenvalue weighted by molar-refractivity contribution is 5.94. The van der Waals surface area contributed by atoms with Gasteiger partial charge in [-0.1, -0.05) is 42.5 Å². The van der Waals surface area contributed by atoms with Crippen LogP contribution < -0.4 is 21.7 Å². The van der Waals surface area contributed by atoms with Crippen molar-refractivity contribution in [1.29, 1.82) is 0 Å². The summed E-state index contributed by atoms with van der Waals surface area (Å²) < 4.78 is 0. The molecule has 11 heteroatoms. The van der Waals surface area contributed by atoms with Crippen LogP contribution in [0.3, 0.4) is 0 Å². The Balaban J connectivity index is 2.06. The predicted molar refractivity (Wildman–Crippen MR) is 126 cm³/mol. The van der Waals surface area contributed by atoms with Crippen molar-refractivity contribution in [3.05, 3.63) is 65.7 Å². The van der Waals surface area contributed by atoms with Gasteiger partial charge in [0.2, 0.25) is 17.7 Å². The molecular weight excluding hydrogens is 456 g/mol. The average molecular weight is 487 g/mol. The van der Waals surface area contributed by atoms with Gasteiger partial charge in [0.05, 0.1) is 6.61 Å². The lowest BCUT2D eigenvalue weighted by atomic mass is 10.0. The van der Waals surface area contributed by atoms with Crippen molar-refractivity contribution >= 4 is 23.7 Å². The molecule has 4 atom stereocenters. The first-order valence-electron chi connectivity index (χ1n) is 10.9. The number of carboxylic acids is 1. The van der Waals surface area contributed by atoms with Gasteiger partial charge in [0.15, 0.2) is 0 Å². The molecule has 2 aromatic rings. The van der Waals surface area contributed by atoms with E-state index in [1.807, 2.05) is 0 Å². The molecule has 0 aliphatic rings. The lowest BCUT2D eigenvalue weighted by molar-refractivity contribution is -0.142. The van der Waals surface area contributed by atoms with E-state index in [4.69, 9.17) is 10.8 Å². The first kappa shape index (κ1) is 27.3. The van der Waals surface area contributed by atoms with Crippen molar-refractivity contribution in [2.24, 2.45) is 5.73 Å². The molecule has 0 fully saturated rings. The van der Waals surface area contributed by atoms with E-state index in [1.165, 1.54) is 31.2 Å². The first-order chi connectivity index (χ1) is 16.6. The van der Waals surface area contributed by atoms with Gasteiger partial charge >= 0.3 is 5.97 Å². The number of carbonyl (C=O) groups is 4. The molecule has 188 valence electrons. The zero-order chi connectivity index (χ0) is 26.0. The Morgan fingerprint density at radius 1 is 0.800 bits per heavy atom. The number of hydrogen-bond acceptors (Lipinski definition) is 7. The number of rotatable bonds is 12. The summed E-state index contributed by atoms with van der Waals surface area (Å²) in [6, 6.07) is 10.0. The van der Waals surface area contributed by atoms with Crippen LogP contribution in [0.15, 0.2) is 54.6 Å². The van der Waals surface area contributed by atoms with Crippen molar-refractivity contribution in [1.82, 2.24) is 16.0 Å². The maximum Gasteiger partial charge on any atom is 0.326 e. The van der Waals surface area contributed by atoms with E-state index < -0.39 is 54.5 Å². The Kier molecular flexibility index (Phi) is 10.2. The van der Waals surface area contributed by atoms with Crippen molar-refractivity contribution < 1.29 is 34.5 Å². The fourth-order valence-corrected chi connectivity index (χ4v) is 3.16. The Morgan fingerprint density at radius 2 is 1.34 bits per heavy atom. The van der Waals surface area contributed by atoms with Gasteiger partial charge in [-0.3, -0.25) is 14.4 Å². The standard InChI is InChI=1S/C24H30N4O7/c1-14(21(31)28-20(24(34)35)12-16-7-9-17(30)10-8-16)26-23(33)19(27-22(32)18(25)13-29)11-15-5-3-2-4-6-15/h2-10,14,18-20,29-30H,11-13,25H2,1H3,(H,26,33)(H,27,32)(H,28,31)(H,34,35). The van der Waals surface area contributed by atoms with Crippen LogP contribution in [-0.2, 0) is 32.0 Å². The zero-order valence-electron chi connectivity index (χ0n) is 19.2. The van der Waals surface area contributed by atoms with E-state index in [2.05, 4.69) is 16.0 Å². The molecule has 11 nitrogen and oxygen atoms in total. The van der Waals surface area contributed by atoms with Crippen molar-refractivity contribution in [3.8, 4) is 5.75 Å². The summed E-state index contributed by atoms with van der Waals surface area (Å²) >= 11 is 0. The summed E-state index contributed by atoms with van der Waals surface area (Å²) in [5.74, 6) is -3.39. The second-order valence-corrected chi connectivity index (χ2v) is 8.04. The third-order valence-corrected chi connectivity index (χ3v) is 5.19. The van der Waals surface area contributed by atoms with E-state index in [0.717, 1.165) is 5.56 Å². The summed E-state index contributed by atoms with van der Waals surface area (Å²) in [6.07, 6.45) is 0.0667. The molecule has 2 rings (SSSR count). The van der Waals surface area contributed by atoms with Gasteiger partial charge in [-0.25, -0.2) is 4.79 Å². The highest BCUT2D eigenvalue weighted by Crippen LogP contribution is 2.11. The van der Waals surface area contributed by atoms with Crippen LogP contribution in [0.1, 0.15) is 18.1 Å². The summed E-state index contributed by atoms with van der Waals surface area (Å²) in [6.45, 7) is 0.773. The highest BCUT2D eigenvalue weighted by Gasteiger charge is 2.28. The van der Waals surface area contributed by atoms with E-state index in [-0.39, 0.29) is 18.6 Å². The van der Waals surface area contributed by atoms with Crippen LogP contribution in [0.4, 0.5) is 0 Å². The topological polar surface area (TPSA) is 191 Å². The van der Waals surface area contributed by atoms with Crippen molar-refractivity contribution in [3.63, 3.8) is 0 Å². The molecule has 0 saturated carbocycles. The third-order valence-electron chi connectivity index (χ3n) is 5.19. The molecule has 8 N–H and O–H groups in total. The number of hydrogen-bond donors (Lipinski definition) is 7. The van der Waals surface area contributed by atoms with Crippen LogP contribution in [0.5, 0.6) is 5.75 Å². The van der Waals surface area contributed by atoms with Crippen LogP contribution in [0.2, 0.25) is 0 Å². The molecule has 0 aromatic heterocycles. The summed E-state index contributed by atoms with van der Waals surface area (Å²) in [5, 5.41) is 35.3. The largest absolute Gasteiger partial charge is 0.508 e. The van der Waals surface area contributed by atoms with Crippen LogP contribution in [0, 0.1) is 0 Å². The molecule has 4 unspecified atom stereocenters. The van der Waals surface area contributed by atoms with Gasteiger partial charge in [-0.15, -0.1) is 0 Å². The summed E-state index contributed by atoms with van der Waals surface area (Å²) in [7, 11) is 0. The SMILES string of the molecule is CC(NC(=O)C(Cc1ccccc1)NC(=O)C(N)CO)C(=O)NC(Cc1ccc(O)cc1)C(=O)O. The number of carboxylic acid groups (broad SMARTS) is 1. The number of benzene rings is 2. The molecule has 0 bridgehead atoms. The van der Waals surface area contributed by atoms with Gasteiger partial charge in [-0.2, -0.15) is 0 Å². The molecule has 0 spiro atoms. The number of aliphatic hydroxyl groups excluding tert-OH is 1. The Labute approximate surface area is 202 Å². The number of amides is 3. The predicted octanol–water partition coefficient (Wildman–Crippen LogP) is -0.944. The molecular formula is C24H30N4O7. The lowest BCUT2D eigenvalue weighted by Crippen LogP contribution is -2.57. The first-order valence-corrected chi connectivity index (χ1v) is 10.9. The van der Waals surface area contributed by atoms with Crippen LogP contribution in [-0.4, -0.2) is 69.8 Å². The molecule has 3 amide bonds. The zero-order valence-corrected chi connectivity index (χ0v) is 19.2. The molecule has 0 aliphatic heterocycles. The summed E-state index contributed by atoms with van der Waals surface area (Å²) in [5.41, 5.74) is 6.86. The maximum atomic E-state index is 12.9. The van der Waals surface area contributed by atoms with Gasteiger partial charge in [0, 0.05) is 12.8 Å². The Bertz CT molecular complexity index is 1010. The number of phenolic OH excluding ortho intramolecular Hbond substituents is 1. The number of aromatic hydroxyl groups is 1. The maximum absolute atomic E-state index is 12.9. The van der Waals surface area contributed by atoms with Crippen molar-refractivity contribution in [2.45, 2.75) is 43.9 Å². The van der Waals surface area contributed by atoms with Gasteiger partial charge in [0.1, 0.15) is 29.9 Å². The quantitative estimate of drug-likeness (QED) is 0.200. The molecule has 0 aliphatic carbocycles. The minimum atomic E-state index is -1.27. The average Bonchev–Trinajstić information content (AvgIpc) is 2.84. The molecule has 0 saturated heterocycles. The number of nitrogens with one attached hydrogen (secondary N) is 3. The van der Waals surface area contributed by atoms with Gasteiger partial charge in [-0.05, 0) is 30.2 Å². The molecule has 35 heavy (non-hydrogen) atoms. The van der Waals surface area contributed by atoms with E-state index in [1.54, 1.807) is 30.3 Å². The minimum absolute atomic E-state index is 0.0260. The number of aliphatic carboxylic acids is 1. The van der Waals surface area contributed by atoms with E-state index >= 15 is 0 Å². The molecule has 2 aromatic carbocycles. The van der Waals surface area contributed by atoms with E-state index in [9.17, 15) is 29.4 Å². The second-order valence-electron chi connectivity index (χ2n) is 8.04. The number of aliphatic hydroxyl groups is 1. The molecule has 0 heterocycles. The Morgan fingerprint density at radius 3 is 1.91 bits per heavy atom. The van der Waals surface area contributed by atoms with Crippen LogP contribution in [0.25, 0.3) is 0 Å². The number of phenols is 1. The smallest absolute Gasteiger partial charge is 0.326 e.